The van der Waals surface area contributed by atoms with Crippen LogP contribution >= 0.6 is 0 Å². The van der Waals surface area contributed by atoms with Gasteiger partial charge in [-0.2, -0.15) is 5.26 Å². The summed E-state index contributed by atoms with van der Waals surface area (Å²) in [6, 6.07) is 1.90. The van der Waals surface area contributed by atoms with Crippen molar-refractivity contribution in [3.63, 3.8) is 0 Å². The van der Waals surface area contributed by atoms with Gasteiger partial charge in [0.1, 0.15) is 0 Å². The van der Waals surface area contributed by atoms with E-state index in [0.29, 0.717) is 0 Å². The average molecular weight is 125 g/mol. The number of aliphatic hydroxyl groups excluding tert-OH is 1. The molecule has 0 radical (unpaired) electrons. The van der Waals surface area contributed by atoms with Crippen LogP contribution in [0, 0.1) is 11.3 Å². The lowest BCUT2D eigenvalue weighted by Gasteiger charge is -1.88. The van der Waals surface area contributed by atoms with Gasteiger partial charge in [0, 0.05) is 12.7 Å². The first-order valence-corrected chi connectivity index (χ1v) is 3.07. The highest BCUT2D eigenvalue weighted by Gasteiger charge is 1.80. The Bertz CT molecular complexity index is 113. The van der Waals surface area contributed by atoms with E-state index >= 15 is 0 Å². The maximum Gasteiger partial charge on any atom is 0.0908 e. The monoisotopic (exact) mass is 125 g/mol. The molecular formula is C7H11NO. The highest BCUT2D eigenvalue weighted by molar-refractivity contribution is 5.01. The molecular weight excluding hydrogens is 114 g/mol. The van der Waals surface area contributed by atoms with E-state index < -0.39 is 0 Å². The third-order valence-corrected chi connectivity index (χ3v) is 0.971. The standard InChI is InChI=1S/C7H11NO/c8-6-4-2-1-3-5-7-9/h2,4,9H,1,3,5,7H2/b4-2+. The quantitative estimate of drug-likeness (QED) is 0.453. The number of hydrogen-bond acceptors (Lipinski definition) is 2. The fourth-order valence-electron chi connectivity index (χ4n) is 0.510. The third-order valence-electron chi connectivity index (χ3n) is 0.971. The van der Waals surface area contributed by atoms with Crippen LogP contribution in [0.5, 0.6) is 0 Å². The van der Waals surface area contributed by atoms with Crippen molar-refractivity contribution >= 4 is 0 Å². The van der Waals surface area contributed by atoms with Crippen LogP contribution in [0.1, 0.15) is 19.3 Å². The Kier molecular flexibility index (Phi) is 6.54. The first-order valence-electron chi connectivity index (χ1n) is 3.07. The summed E-state index contributed by atoms with van der Waals surface area (Å²) >= 11 is 0. The molecule has 0 amide bonds. The molecule has 0 spiro atoms. The minimum atomic E-state index is 0.250. The van der Waals surface area contributed by atoms with E-state index in [1.165, 1.54) is 6.08 Å². The largest absolute Gasteiger partial charge is 0.396 e. The van der Waals surface area contributed by atoms with Crippen LogP contribution in [0.4, 0.5) is 0 Å². The molecule has 0 aliphatic rings. The van der Waals surface area contributed by atoms with Gasteiger partial charge in [-0.05, 0) is 19.3 Å². The van der Waals surface area contributed by atoms with E-state index in [9.17, 15) is 0 Å². The Morgan fingerprint density at radius 2 is 2.22 bits per heavy atom. The fourth-order valence-corrected chi connectivity index (χ4v) is 0.510. The second-order valence-corrected chi connectivity index (χ2v) is 1.75. The van der Waals surface area contributed by atoms with Crippen molar-refractivity contribution in [1.29, 1.82) is 5.26 Å². The predicted molar refractivity (Wildman–Crippen MR) is 35.7 cm³/mol. The van der Waals surface area contributed by atoms with Gasteiger partial charge in [-0.25, -0.2) is 0 Å². The molecule has 2 nitrogen and oxygen atoms in total. The molecule has 0 aromatic rings. The van der Waals surface area contributed by atoms with Gasteiger partial charge in [-0.1, -0.05) is 6.08 Å². The molecule has 0 rings (SSSR count). The Balaban J connectivity index is 2.93. The van der Waals surface area contributed by atoms with Gasteiger partial charge in [-0.3, -0.25) is 0 Å². The summed E-state index contributed by atoms with van der Waals surface area (Å²) in [6.07, 6.45) is 5.98. The van der Waals surface area contributed by atoms with E-state index in [1.54, 1.807) is 0 Å². The van der Waals surface area contributed by atoms with Crippen molar-refractivity contribution in [2.45, 2.75) is 19.3 Å². The summed E-state index contributed by atoms with van der Waals surface area (Å²) in [5, 5.41) is 16.4. The summed E-state index contributed by atoms with van der Waals surface area (Å²) in [6.45, 7) is 0.250. The van der Waals surface area contributed by atoms with Crippen LogP contribution in [0.15, 0.2) is 12.2 Å². The molecule has 0 aromatic heterocycles. The topological polar surface area (TPSA) is 44.0 Å². The number of nitriles is 1. The summed E-state index contributed by atoms with van der Waals surface area (Å²) < 4.78 is 0. The number of unbranched alkanes of at least 4 members (excludes halogenated alkanes) is 2. The Morgan fingerprint density at radius 3 is 2.78 bits per heavy atom. The number of nitrogens with zero attached hydrogens (tertiary/aromatic N) is 1. The zero-order valence-corrected chi connectivity index (χ0v) is 5.38. The van der Waals surface area contributed by atoms with Crippen molar-refractivity contribution in [2.24, 2.45) is 0 Å². The van der Waals surface area contributed by atoms with E-state index in [-0.39, 0.29) is 6.61 Å². The lowest BCUT2D eigenvalue weighted by molar-refractivity contribution is 0.285. The molecule has 0 unspecified atom stereocenters. The van der Waals surface area contributed by atoms with Gasteiger partial charge >= 0.3 is 0 Å². The number of aliphatic hydroxyl groups is 1. The zero-order chi connectivity index (χ0) is 6.95. The fraction of sp³-hybridized carbons (Fsp3) is 0.571. The minimum absolute atomic E-state index is 0.250. The number of rotatable bonds is 4. The zero-order valence-electron chi connectivity index (χ0n) is 5.38. The van der Waals surface area contributed by atoms with Gasteiger partial charge < -0.3 is 5.11 Å². The van der Waals surface area contributed by atoms with Crippen molar-refractivity contribution in [1.82, 2.24) is 0 Å². The van der Waals surface area contributed by atoms with Crippen molar-refractivity contribution in [2.75, 3.05) is 6.61 Å². The Morgan fingerprint density at radius 1 is 1.44 bits per heavy atom. The molecule has 1 N–H and O–H groups in total. The smallest absolute Gasteiger partial charge is 0.0908 e. The first kappa shape index (κ1) is 8.19. The van der Waals surface area contributed by atoms with Gasteiger partial charge in [0.05, 0.1) is 6.07 Å². The predicted octanol–water partition coefficient (Wildman–Crippen LogP) is 1.23. The van der Waals surface area contributed by atoms with E-state index in [4.69, 9.17) is 10.4 Å². The van der Waals surface area contributed by atoms with Crippen LogP contribution in [-0.4, -0.2) is 11.7 Å². The summed E-state index contributed by atoms with van der Waals surface area (Å²) in [5.41, 5.74) is 0. The molecule has 0 aliphatic carbocycles. The highest BCUT2D eigenvalue weighted by atomic mass is 16.2. The molecule has 0 saturated carbocycles. The summed E-state index contributed by atoms with van der Waals surface area (Å²) in [5.74, 6) is 0. The lowest BCUT2D eigenvalue weighted by Crippen LogP contribution is -1.79. The molecule has 2 heteroatoms. The van der Waals surface area contributed by atoms with Crippen molar-refractivity contribution in [3.05, 3.63) is 12.2 Å². The second kappa shape index (κ2) is 7.19. The third kappa shape index (κ3) is 7.19. The second-order valence-electron chi connectivity index (χ2n) is 1.75. The molecule has 50 valence electrons. The van der Waals surface area contributed by atoms with Crippen LogP contribution in [0.2, 0.25) is 0 Å². The molecule has 0 saturated heterocycles. The Labute approximate surface area is 55.4 Å². The number of hydrogen-bond donors (Lipinski definition) is 1. The van der Waals surface area contributed by atoms with E-state index in [0.717, 1.165) is 19.3 Å². The van der Waals surface area contributed by atoms with E-state index in [1.807, 2.05) is 12.1 Å². The SMILES string of the molecule is N#C/C=C/CCCCO. The van der Waals surface area contributed by atoms with Gasteiger partial charge in [0.25, 0.3) is 0 Å². The minimum Gasteiger partial charge on any atom is -0.396 e. The molecule has 0 aromatic carbocycles. The summed E-state index contributed by atoms with van der Waals surface area (Å²) in [7, 11) is 0. The summed E-state index contributed by atoms with van der Waals surface area (Å²) in [4.78, 5) is 0. The van der Waals surface area contributed by atoms with Crippen LogP contribution in [0.3, 0.4) is 0 Å². The average Bonchev–Trinajstić information content (AvgIpc) is 1.89. The molecule has 9 heavy (non-hydrogen) atoms. The molecule has 0 bridgehead atoms. The van der Waals surface area contributed by atoms with Gasteiger partial charge in [-0.15, -0.1) is 0 Å². The van der Waals surface area contributed by atoms with Crippen LogP contribution in [-0.2, 0) is 0 Å². The van der Waals surface area contributed by atoms with E-state index in [2.05, 4.69) is 0 Å². The maximum atomic E-state index is 8.33. The van der Waals surface area contributed by atoms with Crippen LogP contribution < -0.4 is 0 Å². The lowest BCUT2D eigenvalue weighted by atomic mass is 10.2. The normalized spacial score (nSPS) is 9.78. The van der Waals surface area contributed by atoms with Gasteiger partial charge in [0.15, 0.2) is 0 Å². The molecule has 0 aliphatic heterocycles. The maximum absolute atomic E-state index is 8.33. The molecule has 0 heterocycles. The molecule has 0 fully saturated rings. The Hall–Kier alpha value is -0.810. The van der Waals surface area contributed by atoms with Crippen molar-refractivity contribution in [3.8, 4) is 6.07 Å². The first-order chi connectivity index (χ1) is 4.41. The highest BCUT2D eigenvalue weighted by Crippen LogP contribution is 1.94. The molecule has 0 atom stereocenters. The number of allylic oxidation sites excluding steroid dienone is 2. The van der Waals surface area contributed by atoms with Crippen molar-refractivity contribution < 1.29 is 5.11 Å². The van der Waals surface area contributed by atoms with Crippen LogP contribution in [0.25, 0.3) is 0 Å². The van der Waals surface area contributed by atoms with Gasteiger partial charge in [0.2, 0.25) is 0 Å².